The van der Waals surface area contributed by atoms with Gasteiger partial charge < -0.3 is 5.32 Å². The standard InChI is InChI=1S/C18H32N2S/c1-4-12-19-13-16-17(14(2)3)20-18(21-16)15-10-8-6-5-7-9-11-15/h14-15,19H,4-13H2,1-3H3. The molecule has 0 bridgehead atoms. The molecule has 21 heavy (non-hydrogen) atoms. The minimum atomic E-state index is 0.544. The van der Waals surface area contributed by atoms with Gasteiger partial charge in [-0.1, -0.05) is 52.9 Å². The van der Waals surface area contributed by atoms with Crippen LogP contribution in [0.3, 0.4) is 0 Å². The van der Waals surface area contributed by atoms with Crippen molar-refractivity contribution in [3.8, 4) is 0 Å². The van der Waals surface area contributed by atoms with Gasteiger partial charge in [0.25, 0.3) is 0 Å². The summed E-state index contributed by atoms with van der Waals surface area (Å²) in [7, 11) is 0. The Morgan fingerprint density at radius 2 is 1.81 bits per heavy atom. The van der Waals surface area contributed by atoms with E-state index in [-0.39, 0.29) is 0 Å². The molecule has 1 N–H and O–H groups in total. The van der Waals surface area contributed by atoms with E-state index in [1.54, 1.807) is 0 Å². The lowest BCUT2D eigenvalue weighted by atomic mass is 9.91. The molecule has 120 valence electrons. The van der Waals surface area contributed by atoms with Gasteiger partial charge in [0.15, 0.2) is 0 Å². The van der Waals surface area contributed by atoms with Gasteiger partial charge in [-0.15, -0.1) is 11.3 Å². The van der Waals surface area contributed by atoms with E-state index in [4.69, 9.17) is 4.98 Å². The number of hydrogen-bond donors (Lipinski definition) is 1. The summed E-state index contributed by atoms with van der Waals surface area (Å²) in [6, 6.07) is 0. The average Bonchev–Trinajstić information content (AvgIpc) is 2.83. The van der Waals surface area contributed by atoms with Crippen LogP contribution in [0.2, 0.25) is 0 Å². The lowest BCUT2D eigenvalue weighted by molar-refractivity contribution is 0.454. The Labute approximate surface area is 134 Å². The summed E-state index contributed by atoms with van der Waals surface area (Å²) in [5, 5.41) is 4.98. The SMILES string of the molecule is CCCNCc1sc(C2CCCCCCC2)nc1C(C)C. The van der Waals surface area contributed by atoms with Crippen LogP contribution >= 0.6 is 11.3 Å². The van der Waals surface area contributed by atoms with Crippen molar-refractivity contribution in [3.05, 3.63) is 15.6 Å². The summed E-state index contributed by atoms with van der Waals surface area (Å²) in [5.74, 6) is 1.27. The molecule has 0 saturated heterocycles. The lowest BCUT2D eigenvalue weighted by Crippen LogP contribution is -2.14. The summed E-state index contributed by atoms with van der Waals surface area (Å²) < 4.78 is 0. The first-order chi connectivity index (χ1) is 10.2. The minimum Gasteiger partial charge on any atom is -0.312 e. The van der Waals surface area contributed by atoms with Crippen molar-refractivity contribution in [1.82, 2.24) is 10.3 Å². The molecular weight excluding hydrogens is 276 g/mol. The highest BCUT2D eigenvalue weighted by atomic mass is 32.1. The third-order valence-electron chi connectivity index (χ3n) is 4.46. The molecule has 0 atom stereocenters. The fourth-order valence-corrected chi connectivity index (χ4v) is 4.58. The molecule has 0 unspecified atom stereocenters. The molecule has 0 aromatic carbocycles. The largest absolute Gasteiger partial charge is 0.312 e. The smallest absolute Gasteiger partial charge is 0.0962 e. The van der Waals surface area contributed by atoms with Crippen LogP contribution in [0.4, 0.5) is 0 Å². The van der Waals surface area contributed by atoms with Crippen molar-refractivity contribution in [2.75, 3.05) is 6.54 Å². The zero-order chi connectivity index (χ0) is 15.1. The van der Waals surface area contributed by atoms with Crippen LogP contribution < -0.4 is 5.32 Å². The molecule has 0 radical (unpaired) electrons. The molecule has 1 aliphatic rings. The van der Waals surface area contributed by atoms with Crippen molar-refractivity contribution in [2.24, 2.45) is 0 Å². The Morgan fingerprint density at radius 1 is 1.14 bits per heavy atom. The van der Waals surface area contributed by atoms with Crippen molar-refractivity contribution < 1.29 is 0 Å². The topological polar surface area (TPSA) is 24.9 Å². The summed E-state index contributed by atoms with van der Waals surface area (Å²) in [5.41, 5.74) is 1.35. The highest BCUT2D eigenvalue weighted by Gasteiger charge is 2.21. The third kappa shape index (κ3) is 5.07. The molecule has 0 aliphatic heterocycles. The van der Waals surface area contributed by atoms with Crippen molar-refractivity contribution >= 4 is 11.3 Å². The fourth-order valence-electron chi connectivity index (χ4n) is 3.22. The Balaban J connectivity index is 2.09. The van der Waals surface area contributed by atoms with Gasteiger partial charge >= 0.3 is 0 Å². The van der Waals surface area contributed by atoms with Crippen LogP contribution in [0.15, 0.2) is 0 Å². The van der Waals surface area contributed by atoms with Gasteiger partial charge in [-0.05, 0) is 31.7 Å². The predicted octanol–water partition coefficient (Wildman–Crippen LogP) is 5.59. The first-order valence-corrected chi connectivity index (χ1v) is 9.74. The van der Waals surface area contributed by atoms with Gasteiger partial charge in [0.1, 0.15) is 0 Å². The fraction of sp³-hybridized carbons (Fsp3) is 0.833. The number of aromatic nitrogens is 1. The molecule has 1 aromatic heterocycles. The Hall–Kier alpha value is -0.410. The van der Waals surface area contributed by atoms with Crippen LogP contribution in [0, 0.1) is 0 Å². The summed E-state index contributed by atoms with van der Waals surface area (Å²) in [4.78, 5) is 6.54. The van der Waals surface area contributed by atoms with Crippen LogP contribution in [0.25, 0.3) is 0 Å². The zero-order valence-electron chi connectivity index (χ0n) is 14.1. The van der Waals surface area contributed by atoms with Gasteiger partial charge in [-0.3, -0.25) is 0 Å². The second-order valence-electron chi connectivity index (χ2n) is 6.73. The molecule has 1 fully saturated rings. The third-order valence-corrected chi connectivity index (χ3v) is 5.69. The van der Waals surface area contributed by atoms with Crippen LogP contribution in [-0.4, -0.2) is 11.5 Å². The molecule has 1 saturated carbocycles. The molecule has 0 amide bonds. The van der Waals surface area contributed by atoms with Gasteiger partial charge in [-0.2, -0.15) is 0 Å². The predicted molar refractivity (Wildman–Crippen MR) is 93.3 cm³/mol. The maximum Gasteiger partial charge on any atom is 0.0962 e. The molecule has 3 heteroatoms. The first-order valence-electron chi connectivity index (χ1n) is 8.92. The van der Waals surface area contributed by atoms with E-state index in [9.17, 15) is 0 Å². The quantitative estimate of drug-likeness (QED) is 0.692. The molecule has 1 aromatic rings. The number of nitrogens with zero attached hydrogens (tertiary/aromatic N) is 1. The number of thiazole rings is 1. The zero-order valence-corrected chi connectivity index (χ0v) is 14.9. The summed E-state index contributed by atoms with van der Waals surface area (Å²) >= 11 is 1.99. The molecule has 1 aliphatic carbocycles. The van der Waals surface area contributed by atoms with Gasteiger partial charge in [0.2, 0.25) is 0 Å². The van der Waals surface area contributed by atoms with Crippen molar-refractivity contribution in [1.29, 1.82) is 0 Å². The average molecular weight is 309 g/mol. The Kier molecular flexibility index (Phi) is 7.18. The Morgan fingerprint density at radius 3 is 2.43 bits per heavy atom. The Bertz CT molecular complexity index is 403. The van der Waals surface area contributed by atoms with Gasteiger partial charge in [0, 0.05) is 17.3 Å². The summed E-state index contributed by atoms with van der Waals surface area (Å²) in [6.07, 6.45) is 11.0. The van der Waals surface area contributed by atoms with Gasteiger partial charge in [-0.25, -0.2) is 4.98 Å². The van der Waals surface area contributed by atoms with Crippen LogP contribution in [-0.2, 0) is 6.54 Å². The number of hydrogen-bond acceptors (Lipinski definition) is 3. The number of rotatable bonds is 6. The number of nitrogens with one attached hydrogen (secondary N) is 1. The molecule has 2 nitrogen and oxygen atoms in total. The van der Waals surface area contributed by atoms with E-state index in [1.807, 2.05) is 11.3 Å². The summed E-state index contributed by atoms with van der Waals surface area (Å²) in [6.45, 7) is 8.89. The highest BCUT2D eigenvalue weighted by molar-refractivity contribution is 7.11. The van der Waals surface area contributed by atoms with E-state index >= 15 is 0 Å². The second-order valence-corrected chi connectivity index (χ2v) is 7.85. The normalized spacial score (nSPS) is 17.9. The van der Waals surface area contributed by atoms with E-state index < -0.39 is 0 Å². The van der Waals surface area contributed by atoms with E-state index in [1.165, 1.54) is 66.9 Å². The van der Waals surface area contributed by atoms with E-state index in [2.05, 4.69) is 26.1 Å². The van der Waals surface area contributed by atoms with Crippen molar-refractivity contribution in [2.45, 2.75) is 90.5 Å². The van der Waals surface area contributed by atoms with Crippen molar-refractivity contribution in [3.63, 3.8) is 0 Å². The van der Waals surface area contributed by atoms with Gasteiger partial charge in [0.05, 0.1) is 10.7 Å². The van der Waals surface area contributed by atoms with E-state index in [0.29, 0.717) is 5.92 Å². The maximum atomic E-state index is 5.06. The molecule has 0 spiro atoms. The first kappa shape index (κ1) is 17.0. The van der Waals surface area contributed by atoms with Crippen LogP contribution in [0.1, 0.15) is 99.6 Å². The lowest BCUT2D eigenvalue weighted by Gasteiger charge is -2.17. The minimum absolute atomic E-state index is 0.544. The maximum absolute atomic E-state index is 5.06. The molecule has 1 heterocycles. The molecule has 2 rings (SSSR count). The second kappa shape index (κ2) is 8.89. The highest BCUT2D eigenvalue weighted by Crippen LogP contribution is 2.36. The molecular formula is C18H32N2S. The van der Waals surface area contributed by atoms with Crippen LogP contribution in [0.5, 0.6) is 0 Å². The monoisotopic (exact) mass is 308 g/mol. The van der Waals surface area contributed by atoms with E-state index in [0.717, 1.165) is 19.0 Å².